The molecule has 0 aliphatic heterocycles. The normalized spacial score (nSPS) is 11.1. The van der Waals surface area contributed by atoms with E-state index in [4.69, 9.17) is 4.74 Å². The molecule has 0 amide bonds. The number of hydrogen-bond acceptors (Lipinski definition) is 5. The molecule has 33 heavy (non-hydrogen) atoms. The van der Waals surface area contributed by atoms with Gasteiger partial charge >= 0.3 is 12.3 Å². The van der Waals surface area contributed by atoms with Crippen LogP contribution in [0.5, 0.6) is 11.5 Å². The van der Waals surface area contributed by atoms with Gasteiger partial charge in [0.05, 0.1) is 6.54 Å². The Morgan fingerprint density at radius 1 is 1.09 bits per heavy atom. The van der Waals surface area contributed by atoms with E-state index >= 15 is 0 Å². The van der Waals surface area contributed by atoms with Crippen molar-refractivity contribution < 1.29 is 32.5 Å². The van der Waals surface area contributed by atoms with E-state index in [0.717, 1.165) is 33.6 Å². The highest BCUT2D eigenvalue weighted by molar-refractivity contribution is 7.13. The first kappa shape index (κ1) is 24.1. The first-order valence-corrected chi connectivity index (χ1v) is 10.9. The summed E-state index contributed by atoms with van der Waals surface area (Å²) in [5, 5.41) is 13.1. The van der Waals surface area contributed by atoms with Gasteiger partial charge in [-0.25, -0.2) is 9.78 Å². The lowest BCUT2D eigenvalue weighted by Crippen LogP contribution is -2.17. The highest BCUT2D eigenvalue weighted by atomic mass is 32.1. The first-order chi connectivity index (χ1) is 15.8. The maximum absolute atomic E-state index is 12.2. The Balaban J connectivity index is 0.00000149. The highest BCUT2D eigenvalue weighted by Crippen LogP contribution is 2.29. The number of fused-ring (bicyclic) bond motifs is 1. The second-order valence-electron chi connectivity index (χ2n) is 6.46. The maximum atomic E-state index is 12.2. The molecule has 2 heterocycles. The third-order valence-corrected chi connectivity index (χ3v) is 5.26. The van der Waals surface area contributed by atoms with E-state index in [9.17, 15) is 23.1 Å². The standard InChI is InChI=1S/C21H15F3N2O4S.C2H6/c22-21(23,24)30-16-4-2-15(3-5-16)29-9-8-26-17-6-1-13(19-25-7-10-31-19)11-14(17)12-18(26)20(27)28;1-2/h1-7,10-12H,8-9H2,(H,27,28);1-2H3. The van der Waals surface area contributed by atoms with Crippen LogP contribution >= 0.6 is 11.3 Å². The Bertz CT molecular complexity index is 1200. The number of aromatic carboxylic acids is 1. The third-order valence-electron chi connectivity index (χ3n) is 4.44. The van der Waals surface area contributed by atoms with E-state index in [1.54, 1.807) is 16.8 Å². The van der Waals surface area contributed by atoms with E-state index in [-0.39, 0.29) is 24.6 Å². The van der Waals surface area contributed by atoms with E-state index in [0.29, 0.717) is 5.75 Å². The van der Waals surface area contributed by atoms with Crippen molar-refractivity contribution in [3.05, 3.63) is 65.8 Å². The molecule has 0 spiro atoms. The first-order valence-electron chi connectivity index (χ1n) is 10.1. The van der Waals surface area contributed by atoms with Gasteiger partial charge in [0.25, 0.3) is 0 Å². The van der Waals surface area contributed by atoms with Crippen LogP contribution in [-0.4, -0.2) is 33.6 Å². The van der Waals surface area contributed by atoms with Crippen molar-refractivity contribution in [3.8, 4) is 22.1 Å². The largest absolute Gasteiger partial charge is 0.573 e. The summed E-state index contributed by atoms with van der Waals surface area (Å²) >= 11 is 1.49. The Morgan fingerprint density at radius 2 is 1.79 bits per heavy atom. The molecule has 2 aromatic heterocycles. The number of carbonyl (C=O) groups is 1. The molecule has 1 N–H and O–H groups in total. The van der Waals surface area contributed by atoms with Crippen molar-refractivity contribution in [1.29, 1.82) is 0 Å². The summed E-state index contributed by atoms with van der Waals surface area (Å²) in [6, 6.07) is 12.2. The van der Waals surface area contributed by atoms with Gasteiger partial charge < -0.3 is 19.1 Å². The number of rotatable bonds is 7. The number of carboxylic acids is 1. The molecule has 0 fully saturated rings. The lowest BCUT2D eigenvalue weighted by Gasteiger charge is -2.12. The number of hydrogen-bond donors (Lipinski definition) is 1. The molecule has 6 nitrogen and oxygen atoms in total. The predicted molar refractivity (Wildman–Crippen MR) is 120 cm³/mol. The number of halogens is 3. The second-order valence-corrected chi connectivity index (χ2v) is 7.36. The van der Waals surface area contributed by atoms with Crippen molar-refractivity contribution in [1.82, 2.24) is 9.55 Å². The molecule has 0 aliphatic rings. The summed E-state index contributed by atoms with van der Waals surface area (Å²) in [4.78, 5) is 16.0. The van der Waals surface area contributed by atoms with Gasteiger partial charge in [-0.2, -0.15) is 0 Å². The summed E-state index contributed by atoms with van der Waals surface area (Å²) in [7, 11) is 0. The van der Waals surface area contributed by atoms with Crippen molar-refractivity contribution in [2.45, 2.75) is 26.8 Å². The Kier molecular flexibility index (Phi) is 7.59. The van der Waals surface area contributed by atoms with Crippen LogP contribution < -0.4 is 9.47 Å². The predicted octanol–water partition coefficient (Wildman–Crippen LogP) is 6.47. The molecule has 0 radical (unpaired) electrons. The van der Waals surface area contributed by atoms with E-state index < -0.39 is 12.3 Å². The number of ether oxygens (including phenoxy) is 2. The van der Waals surface area contributed by atoms with Gasteiger partial charge in [0.1, 0.15) is 28.8 Å². The molecule has 0 saturated carbocycles. The average Bonchev–Trinajstić information content (AvgIpc) is 3.43. The molecular formula is C23H21F3N2O4S. The monoisotopic (exact) mass is 478 g/mol. The summed E-state index contributed by atoms with van der Waals surface area (Å²) in [5.74, 6) is -1.07. The summed E-state index contributed by atoms with van der Waals surface area (Å²) in [5.41, 5.74) is 1.74. The lowest BCUT2D eigenvalue weighted by atomic mass is 10.1. The van der Waals surface area contributed by atoms with Crippen LogP contribution in [0.4, 0.5) is 13.2 Å². The molecular weight excluding hydrogens is 457 g/mol. The van der Waals surface area contributed by atoms with E-state index in [1.807, 2.05) is 37.4 Å². The summed E-state index contributed by atoms with van der Waals surface area (Å²) in [6.07, 6.45) is -3.05. The van der Waals surface area contributed by atoms with Gasteiger partial charge in [0, 0.05) is 28.0 Å². The van der Waals surface area contributed by atoms with Gasteiger partial charge in [0.15, 0.2) is 0 Å². The fraction of sp³-hybridized carbons (Fsp3) is 0.217. The van der Waals surface area contributed by atoms with Crippen LogP contribution in [-0.2, 0) is 6.54 Å². The zero-order valence-corrected chi connectivity index (χ0v) is 18.6. The van der Waals surface area contributed by atoms with Crippen LogP contribution in [0.25, 0.3) is 21.5 Å². The maximum Gasteiger partial charge on any atom is 0.573 e. The number of alkyl halides is 3. The smallest absolute Gasteiger partial charge is 0.492 e. The number of thiazole rings is 1. The van der Waals surface area contributed by atoms with Crippen LogP contribution in [0.15, 0.2) is 60.1 Å². The number of carboxylic acid groups (broad SMARTS) is 1. The average molecular weight is 478 g/mol. The van der Waals surface area contributed by atoms with Crippen LogP contribution in [0, 0.1) is 0 Å². The third kappa shape index (κ3) is 6.04. The zero-order valence-electron chi connectivity index (χ0n) is 17.8. The van der Waals surface area contributed by atoms with Crippen molar-refractivity contribution in [2.75, 3.05) is 6.61 Å². The molecule has 4 rings (SSSR count). The van der Waals surface area contributed by atoms with Gasteiger partial charge in [-0.1, -0.05) is 13.8 Å². The molecule has 4 aromatic rings. The molecule has 10 heteroatoms. The van der Waals surface area contributed by atoms with Gasteiger partial charge in [-0.15, -0.1) is 24.5 Å². The Morgan fingerprint density at radius 3 is 2.39 bits per heavy atom. The van der Waals surface area contributed by atoms with Crippen LogP contribution in [0.3, 0.4) is 0 Å². The Labute approximate surface area is 191 Å². The quantitative estimate of drug-likeness (QED) is 0.330. The van der Waals surface area contributed by atoms with Gasteiger partial charge in [-0.05, 0) is 48.5 Å². The van der Waals surface area contributed by atoms with E-state index in [1.165, 1.54) is 23.5 Å². The minimum absolute atomic E-state index is 0.115. The molecule has 2 aromatic carbocycles. The molecule has 0 saturated heterocycles. The number of nitrogens with zero attached hydrogens (tertiary/aromatic N) is 2. The number of aromatic nitrogens is 2. The van der Waals surface area contributed by atoms with Gasteiger partial charge in [-0.3, -0.25) is 0 Å². The second kappa shape index (κ2) is 10.4. The summed E-state index contributed by atoms with van der Waals surface area (Å²) < 4.78 is 47.7. The van der Waals surface area contributed by atoms with Crippen molar-refractivity contribution in [3.63, 3.8) is 0 Å². The van der Waals surface area contributed by atoms with Gasteiger partial charge in [0.2, 0.25) is 0 Å². The van der Waals surface area contributed by atoms with E-state index in [2.05, 4.69) is 9.72 Å². The summed E-state index contributed by atoms with van der Waals surface area (Å²) in [6.45, 7) is 4.36. The highest BCUT2D eigenvalue weighted by Gasteiger charge is 2.31. The molecule has 0 bridgehead atoms. The number of benzene rings is 2. The molecule has 174 valence electrons. The Hall–Kier alpha value is -3.53. The fourth-order valence-electron chi connectivity index (χ4n) is 3.18. The molecule has 0 unspecified atom stereocenters. The lowest BCUT2D eigenvalue weighted by molar-refractivity contribution is -0.274. The minimum Gasteiger partial charge on any atom is -0.492 e. The van der Waals surface area contributed by atoms with Crippen molar-refractivity contribution in [2.24, 2.45) is 0 Å². The topological polar surface area (TPSA) is 73.6 Å². The SMILES string of the molecule is CC.O=C(O)c1cc2cc(-c3nccs3)ccc2n1CCOc1ccc(OC(F)(F)F)cc1. The van der Waals surface area contributed by atoms with Crippen LogP contribution in [0.2, 0.25) is 0 Å². The zero-order chi connectivity index (χ0) is 24.0. The van der Waals surface area contributed by atoms with Crippen molar-refractivity contribution >= 4 is 28.2 Å². The molecule has 0 aliphatic carbocycles. The fourth-order valence-corrected chi connectivity index (χ4v) is 3.82. The van der Waals surface area contributed by atoms with Crippen LogP contribution in [0.1, 0.15) is 24.3 Å². The molecule has 0 atom stereocenters. The minimum atomic E-state index is -4.76.